The zero-order chi connectivity index (χ0) is 11.5. The maximum absolute atomic E-state index is 5.71. The van der Waals surface area contributed by atoms with Crippen LogP contribution in [0.4, 0.5) is 0 Å². The number of hydrogen-bond acceptors (Lipinski definition) is 2. The maximum Gasteiger partial charge on any atom is 0.126 e. The van der Waals surface area contributed by atoms with Gasteiger partial charge in [0.1, 0.15) is 5.75 Å². The fourth-order valence-electron chi connectivity index (χ4n) is 1.82. The first-order valence-corrected chi connectivity index (χ1v) is 6.65. The van der Waals surface area contributed by atoms with E-state index in [-0.39, 0.29) is 0 Å². The first-order valence-electron chi connectivity index (χ1n) is 5.86. The number of aryl methyl sites for hydroxylation is 1. The van der Waals surface area contributed by atoms with Gasteiger partial charge in [-0.1, -0.05) is 15.9 Å². The van der Waals surface area contributed by atoms with E-state index in [0.717, 1.165) is 29.4 Å². The molecule has 0 radical (unpaired) electrons. The van der Waals surface area contributed by atoms with E-state index in [1.807, 2.05) is 6.92 Å². The summed E-state index contributed by atoms with van der Waals surface area (Å²) in [5.41, 5.74) is 2.45. The summed E-state index contributed by atoms with van der Waals surface area (Å²) in [6.45, 7) is 5.75. The van der Waals surface area contributed by atoms with Crippen LogP contribution >= 0.6 is 15.9 Å². The summed E-state index contributed by atoms with van der Waals surface area (Å²) < 4.78 is 6.84. The molecule has 0 spiro atoms. The van der Waals surface area contributed by atoms with Crippen LogP contribution in [0.3, 0.4) is 0 Å². The molecular formula is C13H18BrNO. The fraction of sp³-hybridized carbons (Fsp3) is 0.538. The van der Waals surface area contributed by atoms with Crippen LogP contribution in [0.5, 0.6) is 5.75 Å². The predicted octanol–water partition coefficient (Wildman–Crippen LogP) is 3.41. The molecule has 0 heterocycles. The summed E-state index contributed by atoms with van der Waals surface area (Å²) in [6, 6.07) is 4.98. The molecular weight excluding hydrogens is 266 g/mol. The van der Waals surface area contributed by atoms with Crippen LogP contribution in [-0.4, -0.2) is 12.6 Å². The van der Waals surface area contributed by atoms with Crippen molar-refractivity contribution in [3.63, 3.8) is 0 Å². The van der Waals surface area contributed by atoms with Gasteiger partial charge in [-0.25, -0.2) is 0 Å². The molecule has 0 amide bonds. The largest absolute Gasteiger partial charge is 0.493 e. The van der Waals surface area contributed by atoms with Crippen molar-refractivity contribution in [3.8, 4) is 5.75 Å². The molecule has 0 bridgehead atoms. The molecule has 0 unspecified atom stereocenters. The van der Waals surface area contributed by atoms with Gasteiger partial charge < -0.3 is 10.1 Å². The Kier molecular flexibility index (Phi) is 3.87. The average molecular weight is 284 g/mol. The van der Waals surface area contributed by atoms with Crippen LogP contribution in [0, 0.1) is 6.92 Å². The Bertz CT molecular complexity index is 374. The summed E-state index contributed by atoms with van der Waals surface area (Å²) in [6.07, 6.45) is 2.63. The number of rotatable bonds is 5. The van der Waals surface area contributed by atoms with E-state index in [4.69, 9.17) is 4.74 Å². The van der Waals surface area contributed by atoms with Gasteiger partial charge in [-0.3, -0.25) is 0 Å². The van der Waals surface area contributed by atoms with Crippen LogP contribution in [0.15, 0.2) is 16.6 Å². The van der Waals surface area contributed by atoms with E-state index in [9.17, 15) is 0 Å². The number of nitrogens with one attached hydrogen (secondary N) is 1. The fourth-order valence-corrected chi connectivity index (χ4v) is 2.44. The minimum atomic E-state index is 0.721. The highest BCUT2D eigenvalue weighted by Crippen LogP contribution is 2.29. The smallest absolute Gasteiger partial charge is 0.126 e. The highest BCUT2D eigenvalue weighted by Gasteiger charge is 2.21. The van der Waals surface area contributed by atoms with E-state index < -0.39 is 0 Å². The first-order chi connectivity index (χ1) is 7.70. The maximum atomic E-state index is 5.71. The predicted molar refractivity (Wildman–Crippen MR) is 69.9 cm³/mol. The summed E-state index contributed by atoms with van der Waals surface area (Å²) in [4.78, 5) is 0. The van der Waals surface area contributed by atoms with Gasteiger partial charge in [0, 0.05) is 22.6 Å². The molecule has 1 aromatic carbocycles. The normalized spacial score (nSPS) is 15.2. The second-order valence-electron chi connectivity index (χ2n) is 4.30. The second-order valence-corrected chi connectivity index (χ2v) is 5.21. The van der Waals surface area contributed by atoms with Crippen molar-refractivity contribution in [2.75, 3.05) is 6.61 Å². The standard InChI is InChI=1S/C13H18BrNO/c1-3-16-13-9(2)6-11(14)7-10(13)8-15-12-4-5-12/h6-7,12,15H,3-5,8H2,1-2H3. The van der Waals surface area contributed by atoms with E-state index in [0.29, 0.717) is 0 Å². The first kappa shape index (κ1) is 11.9. The Morgan fingerprint density at radius 1 is 1.44 bits per heavy atom. The van der Waals surface area contributed by atoms with Crippen molar-refractivity contribution >= 4 is 15.9 Å². The lowest BCUT2D eigenvalue weighted by Gasteiger charge is -2.14. The van der Waals surface area contributed by atoms with Crippen molar-refractivity contribution in [1.29, 1.82) is 0 Å². The second kappa shape index (κ2) is 5.19. The Morgan fingerprint density at radius 2 is 2.19 bits per heavy atom. The third kappa shape index (κ3) is 2.98. The van der Waals surface area contributed by atoms with Gasteiger partial charge in [-0.15, -0.1) is 0 Å². The average Bonchev–Trinajstić information content (AvgIpc) is 3.03. The molecule has 0 saturated heterocycles. The molecule has 0 aromatic heterocycles. The molecule has 0 atom stereocenters. The van der Waals surface area contributed by atoms with Gasteiger partial charge in [0.05, 0.1) is 6.61 Å². The van der Waals surface area contributed by atoms with Crippen LogP contribution in [0.1, 0.15) is 30.9 Å². The van der Waals surface area contributed by atoms with Crippen LogP contribution < -0.4 is 10.1 Å². The van der Waals surface area contributed by atoms with Gasteiger partial charge in [-0.2, -0.15) is 0 Å². The van der Waals surface area contributed by atoms with Crippen LogP contribution in [-0.2, 0) is 6.54 Å². The number of halogens is 1. The molecule has 16 heavy (non-hydrogen) atoms. The minimum Gasteiger partial charge on any atom is -0.493 e. The Balaban J connectivity index is 2.16. The number of hydrogen-bond donors (Lipinski definition) is 1. The number of benzene rings is 1. The highest BCUT2D eigenvalue weighted by molar-refractivity contribution is 9.10. The van der Waals surface area contributed by atoms with Crippen LogP contribution in [0.25, 0.3) is 0 Å². The van der Waals surface area contributed by atoms with Crippen molar-refractivity contribution < 1.29 is 4.74 Å². The molecule has 88 valence electrons. The third-order valence-electron chi connectivity index (χ3n) is 2.76. The highest BCUT2D eigenvalue weighted by atomic mass is 79.9. The lowest BCUT2D eigenvalue weighted by molar-refractivity contribution is 0.333. The molecule has 1 aromatic rings. The summed E-state index contributed by atoms with van der Waals surface area (Å²) >= 11 is 3.54. The van der Waals surface area contributed by atoms with E-state index >= 15 is 0 Å². The topological polar surface area (TPSA) is 21.3 Å². The van der Waals surface area contributed by atoms with Gasteiger partial charge in [0.25, 0.3) is 0 Å². The van der Waals surface area contributed by atoms with E-state index in [2.05, 4.69) is 40.3 Å². The van der Waals surface area contributed by atoms with Gasteiger partial charge in [-0.05, 0) is 44.4 Å². The van der Waals surface area contributed by atoms with Crippen molar-refractivity contribution in [2.45, 2.75) is 39.3 Å². The lowest BCUT2D eigenvalue weighted by Crippen LogP contribution is -2.16. The van der Waals surface area contributed by atoms with Crippen LogP contribution in [0.2, 0.25) is 0 Å². The SMILES string of the molecule is CCOc1c(C)cc(Br)cc1CNC1CC1. The molecule has 1 aliphatic carbocycles. The molecule has 1 aliphatic rings. The van der Waals surface area contributed by atoms with Gasteiger partial charge in [0.15, 0.2) is 0 Å². The van der Waals surface area contributed by atoms with E-state index in [1.165, 1.54) is 24.0 Å². The van der Waals surface area contributed by atoms with Crippen molar-refractivity contribution in [1.82, 2.24) is 5.32 Å². The lowest BCUT2D eigenvalue weighted by atomic mass is 10.1. The monoisotopic (exact) mass is 283 g/mol. The summed E-state index contributed by atoms with van der Waals surface area (Å²) in [7, 11) is 0. The molecule has 3 heteroatoms. The Labute approximate surface area is 106 Å². The van der Waals surface area contributed by atoms with E-state index in [1.54, 1.807) is 0 Å². The molecule has 2 rings (SSSR count). The quantitative estimate of drug-likeness (QED) is 0.894. The minimum absolute atomic E-state index is 0.721. The molecule has 0 aliphatic heterocycles. The summed E-state index contributed by atoms with van der Waals surface area (Å²) in [5, 5.41) is 3.53. The van der Waals surface area contributed by atoms with Crippen molar-refractivity contribution in [3.05, 3.63) is 27.7 Å². The zero-order valence-corrected chi connectivity index (χ0v) is 11.4. The third-order valence-corrected chi connectivity index (χ3v) is 3.22. The van der Waals surface area contributed by atoms with Crippen molar-refractivity contribution in [2.24, 2.45) is 0 Å². The molecule has 1 N–H and O–H groups in total. The molecule has 1 fully saturated rings. The Hall–Kier alpha value is -0.540. The molecule has 2 nitrogen and oxygen atoms in total. The zero-order valence-electron chi connectivity index (χ0n) is 9.85. The van der Waals surface area contributed by atoms with Gasteiger partial charge >= 0.3 is 0 Å². The summed E-state index contributed by atoms with van der Waals surface area (Å²) in [5.74, 6) is 1.04. The van der Waals surface area contributed by atoms with Gasteiger partial charge in [0.2, 0.25) is 0 Å². The number of ether oxygens (including phenoxy) is 1. The molecule has 1 saturated carbocycles. The Morgan fingerprint density at radius 3 is 2.81 bits per heavy atom.